The fraction of sp³-hybridized carbons (Fsp3) is 0.346. The highest BCUT2D eigenvalue weighted by Crippen LogP contribution is 2.39. The van der Waals surface area contributed by atoms with Crippen molar-refractivity contribution in [1.29, 1.82) is 0 Å². The van der Waals surface area contributed by atoms with Gasteiger partial charge in [0.1, 0.15) is 17.6 Å². The molecule has 1 aliphatic rings. The van der Waals surface area contributed by atoms with Crippen LogP contribution >= 0.6 is 11.3 Å². The number of thiazole rings is 1. The van der Waals surface area contributed by atoms with Gasteiger partial charge in [0.15, 0.2) is 4.96 Å². The summed E-state index contributed by atoms with van der Waals surface area (Å²) in [6, 6.07) is 11.1. The van der Waals surface area contributed by atoms with Crippen molar-refractivity contribution < 1.29 is 14.7 Å². The first-order valence-corrected chi connectivity index (χ1v) is 12.4. The van der Waals surface area contributed by atoms with Crippen molar-refractivity contribution in [2.75, 3.05) is 11.9 Å². The highest BCUT2D eigenvalue weighted by molar-refractivity contribution is 7.23. The molecule has 0 bridgehead atoms. The lowest BCUT2D eigenvalue weighted by atomic mass is 10.0. The Morgan fingerprint density at radius 3 is 2.74 bits per heavy atom. The minimum absolute atomic E-state index is 0.116. The van der Waals surface area contributed by atoms with Gasteiger partial charge >= 0.3 is 0 Å². The molecule has 35 heavy (non-hydrogen) atoms. The first-order chi connectivity index (χ1) is 16.6. The fourth-order valence-electron chi connectivity index (χ4n) is 4.72. The zero-order valence-electron chi connectivity index (χ0n) is 20.3. The molecule has 1 atom stereocenters. The maximum absolute atomic E-state index is 13.0. The average Bonchev–Trinajstić information content (AvgIpc) is 3.42. The molecule has 5 rings (SSSR count). The first kappa shape index (κ1) is 23.3. The van der Waals surface area contributed by atoms with E-state index in [0.717, 1.165) is 33.1 Å². The number of anilines is 1. The van der Waals surface area contributed by atoms with Gasteiger partial charge < -0.3 is 21.1 Å². The molecule has 8 nitrogen and oxygen atoms in total. The topological polar surface area (TPSA) is 113 Å². The van der Waals surface area contributed by atoms with Crippen LogP contribution in [0, 0.1) is 6.92 Å². The lowest BCUT2D eigenvalue weighted by molar-refractivity contribution is -0.123. The summed E-state index contributed by atoms with van der Waals surface area (Å²) < 4.78 is 3.37. The van der Waals surface area contributed by atoms with Gasteiger partial charge in [-0.2, -0.15) is 0 Å². The predicted octanol–water partition coefficient (Wildman–Crippen LogP) is 3.93. The molecule has 1 aliphatic heterocycles. The van der Waals surface area contributed by atoms with E-state index in [0.29, 0.717) is 5.56 Å². The molecular formula is C26H29N5O3S. The average molecular weight is 492 g/mol. The van der Waals surface area contributed by atoms with Gasteiger partial charge in [0.2, 0.25) is 5.91 Å². The van der Waals surface area contributed by atoms with Gasteiger partial charge in [-0.05, 0) is 63.4 Å². The predicted molar refractivity (Wildman–Crippen MR) is 139 cm³/mol. The number of primary amides is 1. The third-order valence-corrected chi connectivity index (χ3v) is 7.47. The fourth-order valence-corrected chi connectivity index (χ4v) is 5.81. The number of nitrogens with two attached hydrogens (primary N) is 1. The first-order valence-electron chi connectivity index (χ1n) is 11.6. The lowest BCUT2D eigenvalue weighted by Crippen LogP contribution is -2.45. The normalized spacial score (nSPS) is 14.7. The zero-order chi connectivity index (χ0) is 25.1. The number of hydrogen-bond donors (Lipinski definition) is 3. The molecule has 0 spiro atoms. The van der Waals surface area contributed by atoms with E-state index in [9.17, 15) is 14.7 Å². The number of carbonyl (C=O) groups is 2. The van der Waals surface area contributed by atoms with Gasteiger partial charge in [-0.1, -0.05) is 29.5 Å². The van der Waals surface area contributed by atoms with Crippen LogP contribution in [-0.4, -0.2) is 49.4 Å². The molecule has 4 N–H and O–H groups in total. The van der Waals surface area contributed by atoms with Crippen LogP contribution in [0.25, 0.3) is 26.4 Å². The number of amides is 2. The molecular weight excluding hydrogens is 462 g/mol. The second kappa shape index (κ2) is 8.35. The molecule has 4 aromatic rings. The van der Waals surface area contributed by atoms with E-state index in [1.807, 2.05) is 12.1 Å². The number of benzene rings is 2. The summed E-state index contributed by atoms with van der Waals surface area (Å²) in [6.45, 7) is 8.48. The van der Waals surface area contributed by atoms with Crippen LogP contribution in [0.4, 0.5) is 5.82 Å². The number of hydrogen-bond acceptors (Lipinski definition) is 6. The number of aliphatic hydroxyl groups is 1. The van der Waals surface area contributed by atoms with Crippen molar-refractivity contribution >= 4 is 44.1 Å². The number of aryl methyl sites for hydroxylation is 1. The molecule has 0 fully saturated rings. The Morgan fingerprint density at radius 2 is 2.06 bits per heavy atom. The maximum atomic E-state index is 13.0. The van der Waals surface area contributed by atoms with Crippen molar-refractivity contribution in [2.45, 2.75) is 52.2 Å². The van der Waals surface area contributed by atoms with Crippen LogP contribution < -0.4 is 11.1 Å². The molecule has 0 saturated heterocycles. The second-order valence-electron chi connectivity index (χ2n) is 10.1. The molecule has 2 amide bonds. The number of fused-ring (bicyclic) bond motifs is 4. The van der Waals surface area contributed by atoms with E-state index in [1.54, 1.807) is 17.4 Å². The van der Waals surface area contributed by atoms with E-state index in [4.69, 9.17) is 10.7 Å². The summed E-state index contributed by atoms with van der Waals surface area (Å²) in [5.74, 6) is 0.0403. The Kier molecular flexibility index (Phi) is 5.56. The number of aliphatic hydroxyl groups excluding tert-OH is 1. The summed E-state index contributed by atoms with van der Waals surface area (Å²) >= 11 is 1.66. The largest absolute Gasteiger partial charge is 0.396 e. The number of rotatable bonds is 6. The van der Waals surface area contributed by atoms with E-state index in [1.165, 1.54) is 15.2 Å². The van der Waals surface area contributed by atoms with Crippen LogP contribution in [0.2, 0.25) is 0 Å². The van der Waals surface area contributed by atoms with Gasteiger partial charge in [0.05, 0.1) is 10.2 Å². The quantitative estimate of drug-likeness (QED) is 0.378. The van der Waals surface area contributed by atoms with Gasteiger partial charge in [-0.15, -0.1) is 0 Å². The van der Waals surface area contributed by atoms with Gasteiger partial charge in [0, 0.05) is 29.8 Å². The van der Waals surface area contributed by atoms with E-state index in [2.05, 4.69) is 55.6 Å². The number of carbonyl (C=O) groups excluding carboxylic acids is 2. The molecule has 2 aromatic heterocycles. The standard InChI is InChI=1S/C26H29N5O3S/c1-14-6-5-7-18-21(14)35-25-28-20(23(31(18)25)29-26(2,3)4)15-8-9-17-16(12-15)13-30(24(17)34)19(10-11-32)22(27)33/h5-9,12,19,29,32H,10-11,13H2,1-4H3,(H2,27,33). The SMILES string of the molecule is Cc1cccc2c1sc1nc(-c3ccc4c(c3)CN(C(CCO)C(N)=O)C4=O)c(NC(C)(C)C)n12. The smallest absolute Gasteiger partial charge is 0.255 e. The maximum Gasteiger partial charge on any atom is 0.255 e. The minimum Gasteiger partial charge on any atom is -0.396 e. The summed E-state index contributed by atoms with van der Waals surface area (Å²) in [5.41, 5.74) is 10.7. The van der Waals surface area contributed by atoms with Crippen molar-refractivity contribution in [3.63, 3.8) is 0 Å². The summed E-state index contributed by atoms with van der Waals surface area (Å²) in [6.07, 6.45) is 0.116. The summed E-state index contributed by atoms with van der Waals surface area (Å²) in [5, 5.41) is 13.0. The van der Waals surface area contributed by atoms with Crippen molar-refractivity contribution in [1.82, 2.24) is 14.3 Å². The molecule has 0 saturated carbocycles. The summed E-state index contributed by atoms with van der Waals surface area (Å²) in [4.78, 5) is 32.3. The second-order valence-corrected chi connectivity index (χ2v) is 11.0. The zero-order valence-corrected chi connectivity index (χ0v) is 21.1. The van der Waals surface area contributed by atoms with E-state index >= 15 is 0 Å². The Labute approximate surface area is 207 Å². The number of nitrogens with one attached hydrogen (secondary N) is 1. The molecule has 9 heteroatoms. The highest BCUT2D eigenvalue weighted by Gasteiger charge is 2.35. The summed E-state index contributed by atoms with van der Waals surface area (Å²) in [7, 11) is 0. The molecule has 2 aromatic carbocycles. The molecule has 0 radical (unpaired) electrons. The third kappa shape index (κ3) is 3.94. The van der Waals surface area contributed by atoms with Crippen LogP contribution in [0.15, 0.2) is 36.4 Å². The highest BCUT2D eigenvalue weighted by atomic mass is 32.1. The van der Waals surface area contributed by atoms with Crippen LogP contribution in [0.5, 0.6) is 0 Å². The van der Waals surface area contributed by atoms with Crippen LogP contribution in [0.1, 0.15) is 48.7 Å². The van der Waals surface area contributed by atoms with E-state index < -0.39 is 11.9 Å². The lowest BCUT2D eigenvalue weighted by Gasteiger charge is -2.24. The third-order valence-electron chi connectivity index (χ3n) is 6.28. The van der Waals surface area contributed by atoms with Crippen molar-refractivity contribution in [3.8, 4) is 11.3 Å². The Bertz CT molecular complexity index is 1480. The molecule has 1 unspecified atom stereocenters. The molecule has 0 aliphatic carbocycles. The van der Waals surface area contributed by atoms with Gasteiger partial charge in [0.25, 0.3) is 5.91 Å². The Balaban J connectivity index is 1.63. The molecule has 182 valence electrons. The van der Waals surface area contributed by atoms with E-state index in [-0.39, 0.29) is 31.0 Å². The monoisotopic (exact) mass is 491 g/mol. The van der Waals surface area contributed by atoms with Crippen molar-refractivity contribution in [3.05, 3.63) is 53.1 Å². The van der Waals surface area contributed by atoms with Crippen molar-refractivity contribution in [2.24, 2.45) is 5.73 Å². The minimum atomic E-state index is -0.839. The van der Waals surface area contributed by atoms with Crippen LogP contribution in [-0.2, 0) is 11.3 Å². The van der Waals surface area contributed by atoms with Crippen LogP contribution in [0.3, 0.4) is 0 Å². The number of nitrogens with zero attached hydrogens (tertiary/aromatic N) is 3. The Hall–Kier alpha value is -3.43. The van der Waals surface area contributed by atoms with Gasteiger partial charge in [-0.3, -0.25) is 14.0 Å². The number of imidazole rings is 1. The van der Waals surface area contributed by atoms with Gasteiger partial charge in [-0.25, -0.2) is 4.98 Å². The number of aromatic nitrogens is 2. The Morgan fingerprint density at radius 1 is 1.29 bits per heavy atom. The molecule has 3 heterocycles.